The van der Waals surface area contributed by atoms with Gasteiger partial charge in [0.15, 0.2) is 0 Å². The first kappa shape index (κ1) is 39.9. The number of phenols is 1. The van der Waals surface area contributed by atoms with Gasteiger partial charge in [0.2, 0.25) is 0 Å². The van der Waals surface area contributed by atoms with Crippen molar-refractivity contribution in [2.24, 2.45) is 0 Å². The summed E-state index contributed by atoms with van der Waals surface area (Å²) >= 11 is 0. The number of benzene rings is 7. The fraction of sp³-hybridized carbons (Fsp3) is 0.127. The van der Waals surface area contributed by atoms with E-state index in [9.17, 15) is 5.11 Å². The van der Waals surface area contributed by atoms with E-state index in [1.807, 2.05) is 54.7 Å². The molecule has 0 radical (unpaired) electrons. The molecule has 10 aromatic rings. The van der Waals surface area contributed by atoms with E-state index in [-0.39, 0.29) is 37.6 Å². The molecule has 3 aromatic heterocycles. The van der Waals surface area contributed by atoms with E-state index in [0.29, 0.717) is 17.0 Å². The number of pyridine rings is 1. The molecular formula is C55H44N3O2Pt-. The Kier molecular flexibility index (Phi) is 10.1. The van der Waals surface area contributed by atoms with Crippen LogP contribution in [0.3, 0.4) is 0 Å². The minimum Gasteiger partial charge on any atom is -0.507 e. The third kappa shape index (κ3) is 7.17. The average molecular weight is 974 g/mol. The summed E-state index contributed by atoms with van der Waals surface area (Å²) in [7, 11) is 0. The van der Waals surface area contributed by atoms with Crippen molar-refractivity contribution in [2.45, 2.75) is 45.4 Å². The summed E-state index contributed by atoms with van der Waals surface area (Å²) in [6.07, 6.45) is 1.89. The zero-order valence-corrected chi connectivity index (χ0v) is 37.0. The second-order valence-corrected chi connectivity index (χ2v) is 17.2. The van der Waals surface area contributed by atoms with Gasteiger partial charge in [-0.3, -0.25) is 9.55 Å². The number of furan rings is 1. The summed E-state index contributed by atoms with van der Waals surface area (Å²) in [6, 6.07) is 60.2. The fourth-order valence-corrected chi connectivity index (χ4v) is 8.42. The third-order valence-corrected chi connectivity index (χ3v) is 11.9. The second-order valence-electron chi connectivity index (χ2n) is 17.2. The van der Waals surface area contributed by atoms with Gasteiger partial charge in [0.1, 0.15) is 22.7 Å². The van der Waals surface area contributed by atoms with Gasteiger partial charge in [0.25, 0.3) is 0 Å². The van der Waals surface area contributed by atoms with Crippen LogP contribution in [0.1, 0.15) is 51.3 Å². The largest absolute Gasteiger partial charge is 0.507 e. The van der Waals surface area contributed by atoms with Crippen LogP contribution >= 0.6 is 0 Å². The molecule has 61 heavy (non-hydrogen) atoms. The Morgan fingerprint density at radius 1 is 0.574 bits per heavy atom. The summed E-state index contributed by atoms with van der Waals surface area (Å²) in [6.45, 7) is 11.3. The number of aromatic hydroxyl groups is 1. The summed E-state index contributed by atoms with van der Waals surface area (Å²) in [5.41, 5.74) is 14.0. The summed E-state index contributed by atoms with van der Waals surface area (Å²) in [4.78, 5) is 10.3. The van der Waals surface area contributed by atoms with Crippen LogP contribution in [0.25, 0.3) is 83.6 Å². The number of fused-ring (bicyclic) bond motifs is 4. The number of para-hydroxylation sites is 3. The van der Waals surface area contributed by atoms with Crippen molar-refractivity contribution in [3.8, 4) is 56.3 Å². The van der Waals surface area contributed by atoms with Gasteiger partial charge in [-0.05, 0) is 64.1 Å². The van der Waals surface area contributed by atoms with E-state index < -0.39 is 0 Å². The third-order valence-electron chi connectivity index (χ3n) is 11.9. The van der Waals surface area contributed by atoms with Gasteiger partial charge in [-0.15, -0.1) is 29.3 Å². The standard InChI is InChI=1S/C55H44N3O2.Pt/c1-54(2,3)41-30-37(29-38(31-41)47-32-36(27-28-56-47)35-23-25-40(26-24-35)55(4,5)39-15-8-6-9-16-39)43-20-14-21-48-52(43)57-53(58(48)42-17-10-7-11-18-42)46-33-45-44-19-12-13-22-50(44)60-51(45)34-49(46)59;/h6-28,30-34,59H,1-5H3;/q-1;. The Morgan fingerprint density at radius 3 is 2.02 bits per heavy atom. The molecule has 1 N–H and O–H groups in total. The zero-order chi connectivity index (χ0) is 41.2. The molecule has 7 aromatic carbocycles. The maximum Gasteiger partial charge on any atom is 0.148 e. The average Bonchev–Trinajstić information content (AvgIpc) is 3.84. The molecule has 0 saturated carbocycles. The van der Waals surface area contributed by atoms with Crippen LogP contribution in [0, 0.1) is 6.07 Å². The smallest absolute Gasteiger partial charge is 0.148 e. The van der Waals surface area contributed by atoms with Crippen LogP contribution in [0.4, 0.5) is 0 Å². The molecule has 0 unspecified atom stereocenters. The van der Waals surface area contributed by atoms with E-state index >= 15 is 0 Å². The number of hydrogen-bond donors (Lipinski definition) is 1. The Bertz CT molecular complexity index is 3210. The Balaban J connectivity index is 0.00000476. The number of hydrogen-bond acceptors (Lipinski definition) is 4. The first-order valence-corrected chi connectivity index (χ1v) is 20.5. The van der Waals surface area contributed by atoms with E-state index in [2.05, 4.69) is 154 Å². The molecule has 302 valence electrons. The fourth-order valence-electron chi connectivity index (χ4n) is 8.42. The number of phenolic OH excluding ortho intramolecular Hbond substituents is 1. The monoisotopic (exact) mass is 973 g/mol. The van der Waals surface area contributed by atoms with Gasteiger partial charge in [-0.2, -0.15) is 0 Å². The minimum absolute atomic E-state index is 0. The van der Waals surface area contributed by atoms with Gasteiger partial charge in [0, 0.05) is 60.9 Å². The van der Waals surface area contributed by atoms with Gasteiger partial charge >= 0.3 is 0 Å². The normalized spacial score (nSPS) is 12.0. The molecule has 0 spiro atoms. The Labute approximate surface area is 370 Å². The molecule has 0 atom stereocenters. The molecular weight excluding hydrogens is 930 g/mol. The molecule has 0 fully saturated rings. The van der Waals surface area contributed by atoms with Crippen LogP contribution < -0.4 is 0 Å². The molecule has 3 heterocycles. The van der Waals surface area contributed by atoms with E-state index in [1.54, 1.807) is 6.07 Å². The number of aromatic nitrogens is 3. The van der Waals surface area contributed by atoms with Crippen LogP contribution in [-0.4, -0.2) is 19.6 Å². The van der Waals surface area contributed by atoms with Crippen molar-refractivity contribution in [1.29, 1.82) is 0 Å². The summed E-state index contributed by atoms with van der Waals surface area (Å²) < 4.78 is 8.26. The van der Waals surface area contributed by atoms with Crippen LogP contribution in [0.2, 0.25) is 0 Å². The predicted octanol–water partition coefficient (Wildman–Crippen LogP) is 14.1. The first-order valence-electron chi connectivity index (χ1n) is 20.5. The molecule has 0 saturated heterocycles. The summed E-state index contributed by atoms with van der Waals surface area (Å²) in [5.74, 6) is 0.729. The van der Waals surface area contributed by atoms with E-state index in [0.717, 1.165) is 66.6 Å². The van der Waals surface area contributed by atoms with Gasteiger partial charge < -0.3 is 9.52 Å². The molecule has 5 nitrogen and oxygen atoms in total. The summed E-state index contributed by atoms with van der Waals surface area (Å²) in [5, 5.41) is 13.5. The molecule has 0 aliphatic heterocycles. The van der Waals surface area contributed by atoms with E-state index in [4.69, 9.17) is 14.4 Å². The topological polar surface area (TPSA) is 64.1 Å². The van der Waals surface area contributed by atoms with Crippen molar-refractivity contribution < 1.29 is 30.6 Å². The minimum atomic E-state index is -0.158. The second kappa shape index (κ2) is 15.5. The SMILES string of the molecule is CC(C)(C)c1cc(-c2cc(-c3ccc(C(C)(C)c4ccccc4)cc3)ccn2)[c-]c(-c2cccc3c2nc(-c2cc4c(cc2O)oc2ccccc24)n3-c2ccccc2)c1.[Pt]. The van der Waals surface area contributed by atoms with Crippen molar-refractivity contribution in [3.05, 3.63) is 193 Å². The van der Waals surface area contributed by atoms with Crippen LogP contribution in [0.15, 0.2) is 174 Å². The molecule has 0 bridgehead atoms. The predicted molar refractivity (Wildman–Crippen MR) is 246 cm³/mol. The van der Waals surface area contributed by atoms with Gasteiger partial charge in [-0.25, -0.2) is 4.98 Å². The van der Waals surface area contributed by atoms with Crippen LogP contribution in [0.5, 0.6) is 5.75 Å². The van der Waals surface area contributed by atoms with E-state index in [1.165, 1.54) is 16.7 Å². The van der Waals surface area contributed by atoms with Crippen molar-refractivity contribution in [3.63, 3.8) is 0 Å². The van der Waals surface area contributed by atoms with Crippen molar-refractivity contribution in [1.82, 2.24) is 14.5 Å². The maximum atomic E-state index is 11.6. The molecule has 0 aliphatic carbocycles. The van der Waals surface area contributed by atoms with Gasteiger partial charge in [0.05, 0.1) is 16.6 Å². The van der Waals surface area contributed by atoms with Gasteiger partial charge in [-0.1, -0.05) is 155 Å². The van der Waals surface area contributed by atoms with Crippen molar-refractivity contribution >= 4 is 33.0 Å². The molecule has 0 aliphatic rings. The molecule has 6 heteroatoms. The first-order chi connectivity index (χ1) is 29.0. The number of rotatable bonds is 7. The molecule has 0 amide bonds. The maximum absolute atomic E-state index is 11.6. The van der Waals surface area contributed by atoms with Crippen LogP contribution in [-0.2, 0) is 31.9 Å². The quantitative estimate of drug-likeness (QED) is 0.162. The Hall–Kier alpha value is -6.55. The molecule has 10 rings (SSSR count). The van der Waals surface area contributed by atoms with Crippen molar-refractivity contribution in [2.75, 3.05) is 0 Å². The Morgan fingerprint density at radius 2 is 1.26 bits per heavy atom. The number of imidazole rings is 1. The number of nitrogens with zero attached hydrogens (tertiary/aromatic N) is 3. The zero-order valence-electron chi connectivity index (χ0n) is 34.7.